The van der Waals surface area contributed by atoms with E-state index in [1.165, 1.54) is 0 Å². The molecule has 1 amide bonds. The van der Waals surface area contributed by atoms with Crippen LogP contribution in [0.25, 0.3) is 0 Å². The van der Waals surface area contributed by atoms with Crippen LogP contribution in [0.4, 0.5) is 5.69 Å². The standard InChI is InChI=1S/C16H15Cl2NO2/c1-2-14(21-15-9-4-3-8-13(15)18)16(20)19-12-7-5-6-11(17)10-12/h3-10,14H,2H2,1H3,(H,19,20)/t14-/m0/s1. The molecule has 2 aromatic carbocycles. The molecule has 5 heteroatoms. The molecule has 0 aromatic heterocycles. The molecule has 21 heavy (non-hydrogen) atoms. The van der Waals surface area contributed by atoms with Crippen LogP contribution >= 0.6 is 23.2 Å². The summed E-state index contributed by atoms with van der Waals surface area (Å²) in [4.78, 5) is 12.2. The van der Waals surface area contributed by atoms with Gasteiger partial charge in [-0.3, -0.25) is 4.79 Å². The van der Waals surface area contributed by atoms with E-state index in [2.05, 4.69) is 5.32 Å². The fourth-order valence-corrected chi connectivity index (χ4v) is 2.18. The molecule has 0 aliphatic heterocycles. The average Bonchev–Trinajstić information content (AvgIpc) is 2.46. The number of hydrogen-bond acceptors (Lipinski definition) is 2. The van der Waals surface area contributed by atoms with Crippen molar-refractivity contribution in [3.8, 4) is 5.75 Å². The minimum Gasteiger partial charge on any atom is -0.479 e. The third kappa shape index (κ3) is 4.38. The Morgan fingerprint density at radius 1 is 1.19 bits per heavy atom. The second-order valence-corrected chi connectivity index (χ2v) is 5.29. The Hall–Kier alpha value is -1.71. The Morgan fingerprint density at radius 2 is 1.95 bits per heavy atom. The highest BCUT2D eigenvalue weighted by atomic mass is 35.5. The summed E-state index contributed by atoms with van der Waals surface area (Å²) in [6.07, 6.45) is -0.0960. The molecule has 2 aromatic rings. The molecule has 0 saturated carbocycles. The van der Waals surface area contributed by atoms with E-state index in [-0.39, 0.29) is 5.91 Å². The van der Waals surface area contributed by atoms with E-state index >= 15 is 0 Å². The van der Waals surface area contributed by atoms with Crippen molar-refractivity contribution in [1.29, 1.82) is 0 Å². The van der Waals surface area contributed by atoms with E-state index in [1.54, 1.807) is 36.4 Å². The first-order valence-corrected chi connectivity index (χ1v) is 7.33. The van der Waals surface area contributed by atoms with Gasteiger partial charge in [-0.05, 0) is 36.8 Å². The molecule has 0 unspecified atom stereocenters. The number of anilines is 1. The lowest BCUT2D eigenvalue weighted by molar-refractivity contribution is -0.122. The number of hydrogen-bond donors (Lipinski definition) is 1. The molecular formula is C16H15Cl2NO2. The number of halogens is 2. The summed E-state index contributed by atoms with van der Waals surface area (Å²) < 4.78 is 5.68. The largest absolute Gasteiger partial charge is 0.479 e. The summed E-state index contributed by atoms with van der Waals surface area (Å²) in [5.74, 6) is 0.256. The maximum atomic E-state index is 12.2. The van der Waals surface area contributed by atoms with Gasteiger partial charge in [-0.25, -0.2) is 0 Å². The van der Waals surface area contributed by atoms with Crippen molar-refractivity contribution in [2.75, 3.05) is 5.32 Å². The van der Waals surface area contributed by atoms with Crippen LogP contribution in [-0.4, -0.2) is 12.0 Å². The smallest absolute Gasteiger partial charge is 0.265 e. The first-order valence-electron chi connectivity index (χ1n) is 6.57. The molecule has 0 aliphatic carbocycles. The molecule has 1 atom stereocenters. The van der Waals surface area contributed by atoms with Crippen LogP contribution < -0.4 is 10.1 Å². The lowest BCUT2D eigenvalue weighted by Crippen LogP contribution is -2.32. The van der Waals surface area contributed by atoms with Crippen LogP contribution in [0.15, 0.2) is 48.5 Å². The van der Waals surface area contributed by atoms with Gasteiger partial charge < -0.3 is 10.1 Å². The molecule has 2 rings (SSSR count). The monoisotopic (exact) mass is 323 g/mol. The Bertz CT molecular complexity index is 631. The normalized spacial score (nSPS) is 11.8. The van der Waals surface area contributed by atoms with Gasteiger partial charge in [0.05, 0.1) is 5.02 Å². The number of para-hydroxylation sites is 1. The number of benzene rings is 2. The zero-order valence-corrected chi connectivity index (χ0v) is 13.0. The van der Waals surface area contributed by atoms with E-state index in [0.717, 1.165) is 0 Å². The Labute approximate surface area is 133 Å². The van der Waals surface area contributed by atoms with Crippen LogP contribution in [0.3, 0.4) is 0 Å². The first-order chi connectivity index (χ1) is 10.1. The molecule has 1 N–H and O–H groups in total. The van der Waals surface area contributed by atoms with Crippen LogP contribution in [0.1, 0.15) is 13.3 Å². The fraction of sp³-hybridized carbons (Fsp3) is 0.188. The third-order valence-electron chi connectivity index (χ3n) is 2.86. The van der Waals surface area contributed by atoms with E-state index in [0.29, 0.717) is 27.9 Å². The summed E-state index contributed by atoms with van der Waals surface area (Å²) in [5, 5.41) is 3.82. The van der Waals surface area contributed by atoms with Crippen molar-refractivity contribution >= 4 is 34.8 Å². The number of carbonyl (C=O) groups excluding carboxylic acids is 1. The molecule has 0 aliphatic rings. The molecular weight excluding hydrogens is 309 g/mol. The van der Waals surface area contributed by atoms with Crippen molar-refractivity contribution in [2.24, 2.45) is 0 Å². The zero-order chi connectivity index (χ0) is 15.2. The lowest BCUT2D eigenvalue weighted by Gasteiger charge is -2.18. The highest BCUT2D eigenvalue weighted by molar-refractivity contribution is 6.32. The van der Waals surface area contributed by atoms with E-state index in [1.807, 2.05) is 19.1 Å². The van der Waals surface area contributed by atoms with Crippen molar-refractivity contribution in [3.05, 3.63) is 58.6 Å². The maximum absolute atomic E-state index is 12.2. The van der Waals surface area contributed by atoms with Gasteiger partial charge in [-0.2, -0.15) is 0 Å². The van der Waals surface area contributed by atoms with Gasteiger partial charge in [-0.1, -0.05) is 48.3 Å². The number of rotatable bonds is 5. The highest BCUT2D eigenvalue weighted by Gasteiger charge is 2.19. The number of amides is 1. The van der Waals surface area contributed by atoms with Gasteiger partial charge in [0, 0.05) is 10.7 Å². The van der Waals surface area contributed by atoms with Crippen LogP contribution in [0.5, 0.6) is 5.75 Å². The van der Waals surface area contributed by atoms with Gasteiger partial charge in [-0.15, -0.1) is 0 Å². The van der Waals surface area contributed by atoms with Gasteiger partial charge in [0.15, 0.2) is 6.10 Å². The Morgan fingerprint density at radius 3 is 2.62 bits per heavy atom. The molecule has 0 radical (unpaired) electrons. The molecule has 110 valence electrons. The summed E-state index contributed by atoms with van der Waals surface area (Å²) in [5.41, 5.74) is 0.633. The minimum absolute atomic E-state index is 0.236. The summed E-state index contributed by atoms with van der Waals surface area (Å²) in [6.45, 7) is 1.87. The molecule has 0 saturated heterocycles. The molecule has 3 nitrogen and oxygen atoms in total. The zero-order valence-electron chi connectivity index (χ0n) is 11.5. The summed E-state index contributed by atoms with van der Waals surface area (Å²) in [7, 11) is 0. The first kappa shape index (κ1) is 15.7. The average molecular weight is 324 g/mol. The summed E-state index contributed by atoms with van der Waals surface area (Å²) >= 11 is 11.9. The van der Waals surface area contributed by atoms with Crippen LogP contribution in [-0.2, 0) is 4.79 Å². The van der Waals surface area contributed by atoms with Crippen LogP contribution in [0.2, 0.25) is 10.0 Å². The highest BCUT2D eigenvalue weighted by Crippen LogP contribution is 2.25. The van der Waals surface area contributed by atoms with Gasteiger partial charge in [0.25, 0.3) is 5.91 Å². The fourth-order valence-electron chi connectivity index (χ4n) is 1.80. The van der Waals surface area contributed by atoms with Crippen molar-refractivity contribution < 1.29 is 9.53 Å². The van der Waals surface area contributed by atoms with E-state index in [9.17, 15) is 4.79 Å². The van der Waals surface area contributed by atoms with Gasteiger partial charge >= 0.3 is 0 Å². The molecule has 0 bridgehead atoms. The maximum Gasteiger partial charge on any atom is 0.265 e. The second-order valence-electron chi connectivity index (χ2n) is 4.44. The minimum atomic E-state index is -0.621. The number of ether oxygens (including phenoxy) is 1. The predicted octanol–water partition coefficient (Wildman–Crippen LogP) is 4.79. The number of carbonyl (C=O) groups is 1. The van der Waals surface area contributed by atoms with Crippen LogP contribution in [0, 0.1) is 0 Å². The molecule has 0 spiro atoms. The number of nitrogens with one attached hydrogen (secondary N) is 1. The SMILES string of the molecule is CC[C@H](Oc1ccccc1Cl)C(=O)Nc1cccc(Cl)c1. The van der Waals surface area contributed by atoms with Gasteiger partial charge in [0.2, 0.25) is 0 Å². The quantitative estimate of drug-likeness (QED) is 0.859. The molecule has 0 fully saturated rings. The van der Waals surface area contributed by atoms with E-state index in [4.69, 9.17) is 27.9 Å². The topological polar surface area (TPSA) is 38.3 Å². The lowest BCUT2D eigenvalue weighted by atomic mass is 10.2. The van der Waals surface area contributed by atoms with Crippen molar-refractivity contribution in [2.45, 2.75) is 19.4 Å². The van der Waals surface area contributed by atoms with Crippen molar-refractivity contribution in [3.63, 3.8) is 0 Å². The van der Waals surface area contributed by atoms with E-state index < -0.39 is 6.10 Å². The third-order valence-corrected chi connectivity index (χ3v) is 3.41. The van der Waals surface area contributed by atoms with Crippen molar-refractivity contribution in [1.82, 2.24) is 0 Å². The predicted molar refractivity (Wildman–Crippen MR) is 86.2 cm³/mol. The Kier molecular flexibility index (Phi) is 5.48. The summed E-state index contributed by atoms with van der Waals surface area (Å²) in [6, 6.07) is 14.0. The Balaban J connectivity index is 2.07. The van der Waals surface area contributed by atoms with Gasteiger partial charge in [0.1, 0.15) is 5.75 Å². The molecule has 0 heterocycles. The second kappa shape index (κ2) is 7.34.